The molecule has 1 aliphatic rings. The lowest BCUT2D eigenvalue weighted by Gasteiger charge is -2.29. The van der Waals surface area contributed by atoms with Crippen molar-refractivity contribution < 1.29 is 37.8 Å². The summed E-state index contributed by atoms with van der Waals surface area (Å²) in [5, 5.41) is -0.856. The molecular formula is C14H24N2O10P2S2. The Balaban J connectivity index is 2.46. The van der Waals surface area contributed by atoms with Crippen LogP contribution in [0.2, 0.25) is 0 Å². The van der Waals surface area contributed by atoms with Gasteiger partial charge in [0.2, 0.25) is 0 Å². The average molecular weight is 506 g/mol. The summed E-state index contributed by atoms with van der Waals surface area (Å²) in [7, 11) is 1.31. The van der Waals surface area contributed by atoms with Crippen molar-refractivity contribution in [2.24, 2.45) is 0 Å². The third kappa shape index (κ3) is 6.81. The van der Waals surface area contributed by atoms with Gasteiger partial charge in [-0.2, -0.15) is 0 Å². The molecule has 0 spiro atoms. The van der Waals surface area contributed by atoms with Crippen LogP contribution in [0.5, 0.6) is 0 Å². The summed E-state index contributed by atoms with van der Waals surface area (Å²) in [5.74, 6) is 0. The zero-order valence-corrected chi connectivity index (χ0v) is 19.9. The van der Waals surface area contributed by atoms with Gasteiger partial charge < -0.3 is 28.7 Å². The second-order valence-corrected chi connectivity index (χ2v) is 13.4. The van der Waals surface area contributed by atoms with Crippen LogP contribution in [-0.2, 0) is 34.9 Å². The first-order valence-electron chi connectivity index (χ1n) is 8.67. The van der Waals surface area contributed by atoms with E-state index in [0.29, 0.717) is 11.4 Å². The first-order chi connectivity index (χ1) is 13.7. The van der Waals surface area contributed by atoms with Gasteiger partial charge in [0.1, 0.15) is 18.3 Å². The monoisotopic (exact) mass is 506 g/mol. The molecule has 0 amide bonds. The molecule has 4 N–H and O–H groups in total. The minimum atomic E-state index is -4.50. The fraction of sp³-hybridized carbons (Fsp3) is 0.714. The fourth-order valence-corrected chi connectivity index (χ4v) is 7.36. The second-order valence-electron chi connectivity index (χ2n) is 6.70. The van der Waals surface area contributed by atoms with Gasteiger partial charge in [0, 0.05) is 24.6 Å². The molecule has 4 unspecified atom stereocenters. The molecule has 16 heteroatoms. The van der Waals surface area contributed by atoms with Gasteiger partial charge in [-0.3, -0.25) is 18.9 Å². The number of nitrogens with one attached hydrogen (secondary N) is 1. The van der Waals surface area contributed by atoms with Crippen molar-refractivity contribution in [3.8, 4) is 0 Å². The molecule has 0 aromatic carbocycles. The molecule has 1 saturated heterocycles. The standard InChI is InChI=1S/C14H24N2O10P2S2/c1-7(2)25-28(22,29)26-11-10(8(3)30-27(19,20)21)24-13(12(11)23-4)16-6-5-9(17)15-14(16)18/h5-8,10-13H,1-4H3,(H,22,29)(H,15,17,18)(H2,19,20,21)/t8?,10-,11?,12?,13-,28?/m1/s1. The molecule has 0 bridgehead atoms. The molecule has 0 radical (unpaired) electrons. The maximum Gasteiger partial charge on any atom is 0.384 e. The Morgan fingerprint density at radius 1 is 1.27 bits per heavy atom. The Labute approximate surface area is 181 Å². The number of ether oxygens (including phenoxy) is 2. The van der Waals surface area contributed by atoms with Crippen LogP contribution in [0, 0.1) is 0 Å². The molecule has 2 heterocycles. The van der Waals surface area contributed by atoms with Crippen LogP contribution < -0.4 is 11.2 Å². The van der Waals surface area contributed by atoms with Crippen molar-refractivity contribution in [1.82, 2.24) is 9.55 Å². The molecule has 2 rings (SSSR count). The molecule has 1 aromatic rings. The zero-order chi connectivity index (χ0) is 22.9. The zero-order valence-electron chi connectivity index (χ0n) is 16.5. The number of hydrogen-bond donors (Lipinski definition) is 4. The lowest BCUT2D eigenvalue weighted by Crippen LogP contribution is -2.40. The Morgan fingerprint density at radius 3 is 2.40 bits per heavy atom. The number of nitrogens with zero attached hydrogens (tertiary/aromatic N) is 1. The quantitative estimate of drug-likeness (QED) is 0.346. The van der Waals surface area contributed by atoms with Crippen LogP contribution >= 0.6 is 24.9 Å². The minimum Gasteiger partial charge on any atom is -0.374 e. The molecule has 0 saturated carbocycles. The van der Waals surface area contributed by atoms with Gasteiger partial charge >= 0.3 is 19.2 Å². The molecule has 6 atom stereocenters. The molecule has 12 nitrogen and oxygen atoms in total. The summed E-state index contributed by atoms with van der Waals surface area (Å²) in [5.41, 5.74) is -1.40. The van der Waals surface area contributed by atoms with Crippen molar-refractivity contribution in [2.75, 3.05) is 7.11 Å². The highest BCUT2D eigenvalue weighted by Crippen LogP contribution is 2.56. The normalized spacial score (nSPS) is 27.9. The molecule has 1 fully saturated rings. The van der Waals surface area contributed by atoms with E-state index in [1.54, 1.807) is 13.8 Å². The summed E-state index contributed by atoms with van der Waals surface area (Å²) >= 11 is 5.37. The highest BCUT2D eigenvalue weighted by Gasteiger charge is 2.52. The summed E-state index contributed by atoms with van der Waals surface area (Å²) < 4.78 is 34.7. The van der Waals surface area contributed by atoms with Crippen LogP contribution in [0.15, 0.2) is 21.9 Å². The van der Waals surface area contributed by atoms with Crippen LogP contribution in [0.4, 0.5) is 0 Å². The van der Waals surface area contributed by atoms with Crippen LogP contribution in [-0.4, -0.2) is 61.0 Å². The predicted octanol–water partition coefficient (Wildman–Crippen LogP) is 0.690. The van der Waals surface area contributed by atoms with Gasteiger partial charge in [0.05, 0.1) is 6.10 Å². The number of hydrogen-bond acceptors (Lipinski definition) is 9. The highest BCUT2D eigenvalue weighted by molar-refractivity contribution is 8.54. The van der Waals surface area contributed by atoms with E-state index in [4.69, 9.17) is 30.3 Å². The number of rotatable bonds is 9. The maximum absolute atomic E-state index is 12.2. The van der Waals surface area contributed by atoms with E-state index >= 15 is 0 Å². The third-order valence-corrected chi connectivity index (χ3v) is 8.40. The Kier molecular flexibility index (Phi) is 8.67. The minimum absolute atomic E-state index is 0.331. The van der Waals surface area contributed by atoms with Crippen LogP contribution in [0.3, 0.4) is 0 Å². The summed E-state index contributed by atoms with van der Waals surface area (Å²) in [6.45, 7) is -3.51. The number of methoxy groups -OCH3 is 1. The van der Waals surface area contributed by atoms with Gasteiger partial charge in [0.15, 0.2) is 6.23 Å². The largest absolute Gasteiger partial charge is 0.384 e. The van der Waals surface area contributed by atoms with Crippen molar-refractivity contribution >= 4 is 36.7 Å². The fourth-order valence-electron chi connectivity index (χ4n) is 2.99. The van der Waals surface area contributed by atoms with E-state index in [9.17, 15) is 28.8 Å². The van der Waals surface area contributed by atoms with Gasteiger partial charge in [-0.15, -0.1) is 0 Å². The van der Waals surface area contributed by atoms with Crippen molar-refractivity contribution in [3.63, 3.8) is 0 Å². The molecule has 172 valence electrons. The highest BCUT2D eigenvalue weighted by atomic mass is 32.7. The predicted molar refractivity (Wildman–Crippen MR) is 113 cm³/mol. The van der Waals surface area contributed by atoms with Gasteiger partial charge in [-0.25, -0.2) is 9.36 Å². The number of H-pyrrole nitrogens is 1. The van der Waals surface area contributed by atoms with Crippen molar-refractivity contribution in [2.45, 2.75) is 56.7 Å². The second kappa shape index (κ2) is 10.1. The lowest BCUT2D eigenvalue weighted by atomic mass is 10.1. The first kappa shape index (κ1) is 25.9. The topological polar surface area (TPSA) is 170 Å². The van der Waals surface area contributed by atoms with E-state index in [0.717, 1.165) is 10.6 Å². The maximum atomic E-state index is 12.2. The molecule has 1 aromatic heterocycles. The van der Waals surface area contributed by atoms with Crippen molar-refractivity contribution in [3.05, 3.63) is 33.1 Å². The molecule has 1 aliphatic heterocycles. The third-order valence-electron chi connectivity index (χ3n) is 3.99. The van der Waals surface area contributed by atoms with E-state index < -0.39 is 60.7 Å². The van der Waals surface area contributed by atoms with E-state index in [1.807, 2.05) is 0 Å². The smallest absolute Gasteiger partial charge is 0.374 e. The summed E-state index contributed by atoms with van der Waals surface area (Å²) in [6.07, 6.45) is -3.62. The molecular weight excluding hydrogens is 482 g/mol. The Bertz CT molecular complexity index is 947. The van der Waals surface area contributed by atoms with Gasteiger partial charge in [-0.1, -0.05) is 6.92 Å². The Morgan fingerprint density at radius 2 is 1.90 bits per heavy atom. The summed E-state index contributed by atoms with van der Waals surface area (Å²) in [6, 6.07) is 1.10. The summed E-state index contributed by atoms with van der Waals surface area (Å²) in [4.78, 5) is 54.8. The average Bonchev–Trinajstić information content (AvgIpc) is 2.89. The molecule has 30 heavy (non-hydrogen) atoms. The SMILES string of the molecule is COC1C(OP(O)(=S)OC(C)C)[C@@H](C(C)SP(=O)(O)O)O[C@H]1n1ccc(=O)[nH]c1=O. The van der Waals surface area contributed by atoms with E-state index in [1.165, 1.54) is 20.2 Å². The van der Waals surface area contributed by atoms with Crippen LogP contribution in [0.25, 0.3) is 0 Å². The van der Waals surface area contributed by atoms with E-state index in [2.05, 4.69) is 4.98 Å². The number of aromatic nitrogens is 2. The Hall–Kier alpha value is -0.370. The number of aromatic amines is 1. The van der Waals surface area contributed by atoms with E-state index in [-0.39, 0.29) is 0 Å². The van der Waals surface area contributed by atoms with Crippen molar-refractivity contribution in [1.29, 1.82) is 0 Å². The van der Waals surface area contributed by atoms with Crippen LogP contribution in [0.1, 0.15) is 27.0 Å². The lowest BCUT2D eigenvalue weighted by molar-refractivity contribution is -0.0532. The molecule has 0 aliphatic carbocycles. The van der Waals surface area contributed by atoms with Gasteiger partial charge in [-0.05, 0) is 37.0 Å². The first-order valence-corrected chi connectivity index (χ1v) is 14.4. The van der Waals surface area contributed by atoms with Gasteiger partial charge in [0.25, 0.3) is 5.56 Å².